The molecule has 19 heavy (non-hydrogen) atoms. The Kier molecular flexibility index (Phi) is 5.67. The Labute approximate surface area is 120 Å². The van der Waals surface area contributed by atoms with Gasteiger partial charge in [0.25, 0.3) is 0 Å². The number of benzene rings is 1. The first-order valence-corrected chi connectivity index (χ1v) is 6.96. The van der Waals surface area contributed by atoms with Crippen molar-refractivity contribution in [1.29, 1.82) is 0 Å². The lowest BCUT2D eigenvalue weighted by molar-refractivity contribution is -0.119. The summed E-state index contributed by atoms with van der Waals surface area (Å²) in [6.45, 7) is 8.88. The zero-order chi connectivity index (χ0) is 14.5. The average molecular weight is 284 g/mol. The van der Waals surface area contributed by atoms with Gasteiger partial charge in [-0.25, -0.2) is 0 Å². The third-order valence-electron chi connectivity index (χ3n) is 2.77. The van der Waals surface area contributed by atoms with Crippen LogP contribution in [-0.2, 0) is 10.2 Å². The summed E-state index contributed by atoms with van der Waals surface area (Å²) in [4.78, 5) is 11.0. The zero-order valence-electron chi connectivity index (χ0n) is 12.0. The molecule has 0 saturated carbocycles. The van der Waals surface area contributed by atoms with Crippen LogP contribution in [0.15, 0.2) is 24.3 Å². The second-order valence-corrected chi connectivity index (χ2v) is 5.91. The predicted octanol–water partition coefficient (Wildman–Crippen LogP) is 3.11. The maximum atomic E-state index is 11.0. The second-order valence-electron chi connectivity index (χ2n) is 5.64. The Morgan fingerprint density at radius 2 is 1.89 bits per heavy atom. The molecule has 1 N–H and O–H groups in total. The van der Waals surface area contributed by atoms with E-state index in [0.29, 0.717) is 6.54 Å². The minimum atomic E-state index is -0.180. The minimum Gasteiger partial charge on any atom is -0.489 e. The van der Waals surface area contributed by atoms with Crippen molar-refractivity contribution < 1.29 is 9.53 Å². The van der Waals surface area contributed by atoms with E-state index in [0.717, 1.165) is 5.75 Å². The van der Waals surface area contributed by atoms with Gasteiger partial charge in [0.2, 0.25) is 5.91 Å². The Hall–Kier alpha value is -1.22. The van der Waals surface area contributed by atoms with E-state index < -0.39 is 0 Å². The third-order valence-corrected chi connectivity index (χ3v) is 3.01. The first-order valence-electron chi connectivity index (χ1n) is 6.43. The van der Waals surface area contributed by atoms with Gasteiger partial charge < -0.3 is 10.1 Å². The molecule has 1 aromatic carbocycles. The monoisotopic (exact) mass is 283 g/mol. The van der Waals surface area contributed by atoms with E-state index in [-0.39, 0.29) is 23.3 Å². The van der Waals surface area contributed by atoms with Gasteiger partial charge in [0.05, 0.1) is 6.54 Å². The molecule has 1 aromatic rings. The zero-order valence-corrected chi connectivity index (χ0v) is 12.8. The quantitative estimate of drug-likeness (QED) is 0.843. The fraction of sp³-hybridized carbons (Fsp3) is 0.533. The lowest BCUT2D eigenvalue weighted by Crippen LogP contribution is -2.34. The van der Waals surface area contributed by atoms with E-state index in [1.807, 2.05) is 19.1 Å². The molecule has 0 fully saturated rings. The van der Waals surface area contributed by atoms with Crippen molar-refractivity contribution in [2.75, 3.05) is 12.4 Å². The highest BCUT2D eigenvalue weighted by Crippen LogP contribution is 2.24. The SMILES string of the molecule is CC(CNC(=O)CCl)Oc1ccc(C(C)(C)C)cc1. The summed E-state index contributed by atoms with van der Waals surface area (Å²) in [5.74, 6) is 0.605. The summed E-state index contributed by atoms with van der Waals surface area (Å²) in [6.07, 6.45) is -0.0901. The largest absolute Gasteiger partial charge is 0.489 e. The van der Waals surface area contributed by atoms with Crippen molar-refractivity contribution in [2.24, 2.45) is 0 Å². The maximum absolute atomic E-state index is 11.0. The van der Waals surface area contributed by atoms with Crippen LogP contribution < -0.4 is 10.1 Å². The number of rotatable bonds is 5. The maximum Gasteiger partial charge on any atom is 0.235 e. The molecule has 1 rings (SSSR count). The van der Waals surface area contributed by atoms with E-state index in [4.69, 9.17) is 16.3 Å². The second kappa shape index (κ2) is 6.80. The van der Waals surface area contributed by atoms with Crippen LogP contribution in [-0.4, -0.2) is 24.4 Å². The van der Waals surface area contributed by atoms with Gasteiger partial charge in [0.15, 0.2) is 0 Å². The number of carbonyl (C=O) groups excluding carboxylic acids is 1. The van der Waals surface area contributed by atoms with E-state index in [1.165, 1.54) is 5.56 Å². The highest BCUT2D eigenvalue weighted by Gasteiger charge is 2.13. The van der Waals surface area contributed by atoms with Crippen molar-refractivity contribution in [3.63, 3.8) is 0 Å². The molecule has 4 heteroatoms. The summed E-state index contributed by atoms with van der Waals surface area (Å²) in [6, 6.07) is 8.06. The van der Waals surface area contributed by atoms with Crippen molar-refractivity contribution in [2.45, 2.75) is 39.2 Å². The van der Waals surface area contributed by atoms with Crippen molar-refractivity contribution in [3.05, 3.63) is 29.8 Å². The summed E-state index contributed by atoms with van der Waals surface area (Å²) >= 11 is 5.40. The first-order chi connectivity index (χ1) is 8.82. The number of halogens is 1. The van der Waals surface area contributed by atoms with Gasteiger partial charge in [0.1, 0.15) is 17.7 Å². The lowest BCUT2D eigenvalue weighted by Gasteiger charge is -2.20. The van der Waals surface area contributed by atoms with Crippen LogP contribution in [0.25, 0.3) is 0 Å². The molecule has 0 saturated heterocycles. The molecule has 0 aliphatic rings. The molecule has 0 bridgehead atoms. The topological polar surface area (TPSA) is 38.3 Å². The van der Waals surface area contributed by atoms with E-state index >= 15 is 0 Å². The predicted molar refractivity (Wildman–Crippen MR) is 79.0 cm³/mol. The third kappa shape index (κ3) is 5.52. The van der Waals surface area contributed by atoms with Gasteiger partial charge in [-0.2, -0.15) is 0 Å². The van der Waals surface area contributed by atoms with Crippen molar-refractivity contribution >= 4 is 17.5 Å². The number of nitrogens with one attached hydrogen (secondary N) is 1. The molecule has 0 aliphatic carbocycles. The van der Waals surface area contributed by atoms with E-state index in [9.17, 15) is 4.79 Å². The van der Waals surface area contributed by atoms with E-state index in [2.05, 4.69) is 38.2 Å². The van der Waals surface area contributed by atoms with Gasteiger partial charge >= 0.3 is 0 Å². The Balaban J connectivity index is 2.51. The van der Waals surface area contributed by atoms with Gasteiger partial charge in [-0.1, -0.05) is 32.9 Å². The smallest absolute Gasteiger partial charge is 0.235 e. The van der Waals surface area contributed by atoms with Crippen molar-refractivity contribution in [3.8, 4) is 5.75 Å². The molecular weight excluding hydrogens is 262 g/mol. The molecule has 1 atom stereocenters. The van der Waals surface area contributed by atoms with Crippen LogP contribution in [0.1, 0.15) is 33.3 Å². The Bertz CT molecular complexity index is 409. The highest BCUT2D eigenvalue weighted by atomic mass is 35.5. The summed E-state index contributed by atoms with van der Waals surface area (Å²) in [5, 5.41) is 2.69. The fourth-order valence-corrected chi connectivity index (χ4v) is 1.71. The normalized spacial score (nSPS) is 12.9. The van der Waals surface area contributed by atoms with Crippen LogP contribution in [0.2, 0.25) is 0 Å². The number of carbonyl (C=O) groups is 1. The number of alkyl halides is 1. The summed E-state index contributed by atoms with van der Waals surface area (Å²) < 4.78 is 5.72. The van der Waals surface area contributed by atoms with Crippen LogP contribution in [0.3, 0.4) is 0 Å². The summed E-state index contributed by atoms with van der Waals surface area (Å²) in [7, 11) is 0. The molecular formula is C15H22ClNO2. The van der Waals surface area contributed by atoms with Crippen LogP contribution in [0.5, 0.6) is 5.75 Å². The number of ether oxygens (including phenoxy) is 1. The minimum absolute atomic E-state index is 0.0208. The lowest BCUT2D eigenvalue weighted by atomic mass is 9.87. The molecule has 0 heterocycles. The van der Waals surface area contributed by atoms with Gasteiger partial charge in [-0.05, 0) is 30.0 Å². The van der Waals surface area contributed by atoms with Crippen LogP contribution in [0.4, 0.5) is 0 Å². The Morgan fingerprint density at radius 1 is 1.32 bits per heavy atom. The first kappa shape index (κ1) is 15.8. The molecule has 0 radical (unpaired) electrons. The van der Waals surface area contributed by atoms with Gasteiger partial charge in [0, 0.05) is 0 Å². The average Bonchev–Trinajstić information content (AvgIpc) is 2.35. The molecule has 0 spiro atoms. The van der Waals surface area contributed by atoms with Gasteiger partial charge in [-0.15, -0.1) is 11.6 Å². The molecule has 1 amide bonds. The fourth-order valence-electron chi connectivity index (χ4n) is 1.61. The number of hydrogen-bond acceptors (Lipinski definition) is 2. The van der Waals surface area contributed by atoms with Gasteiger partial charge in [-0.3, -0.25) is 4.79 Å². The molecule has 3 nitrogen and oxygen atoms in total. The van der Waals surface area contributed by atoms with Crippen molar-refractivity contribution in [1.82, 2.24) is 5.32 Å². The molecule has 0 aliphatic heterocycles. The van der Waals surface area contributed by atoms with Crippen LogP contribution in [0, 0.1) is 0 Å². The molecule has 0 aromatic heterocycles. The molecule has 106 valence electrons. The molecule has 1 unspecified atom stereocenters. The summed E-state index contributed by atoms with van der Waals surface area (Å²) in [5.41, 5.74) is 1.40. The Morgan fingerprint density at radius 3 is 2.37 bits per heavy atom. The number of amides is 1. The van der Waals surface area contributed by atoms with E-state index in [1.54, 1.807) is 0 Å². The standard InChI is InChI=1S/C15H22ClNO2/c1-11(10-17-14(18)9-16)19-13-7-5-12(6-8-13)15(2,3)4/h5-8,11H,9-10H2,1-4H3,(H,17,18). The highest BCUT2D eigenvalue weighted by molar-refractivity contribution is 6.27. The van der Waals surface area contributed by atoms with Crippen LogP contribution >= 0.6 is 11.6 Å². The number of hydrogen-bond donors (Lipinski definition) is 1.